The summed E-state index contributed by atoms with van der Waals surface area (Å²) >= 11 is 0. The molecule has 0 radical (unpaired) electrons. The predicted molar refractivity (Wildman–Crippen MR) is 77.9 cm³/mol. The third-order valence-corrected chi connectivity index (χ3v) is 6.49. The number of phenolic OH excluding ortho intramolecular Hbond substituents is 1. The lowest BCUT2D eigenvalue weighted by molar-refractivity contribution is -0.00558. The molecule has 1 aromatic rings. The number of benzene rings is 1. The highest BCUT2D eigenvalue weighted by Gasteiger charge is 2.57. The molecule has 1 nitrogen and oxygen atoms in total. The van der Waals surface area contributed by atoms with Crippen LogP contribution in [-0.4, -0.2) is 18.0 Å². The monoisotopic (exact) mass is 292 g/mol. The van der Waals surface area contributed by atoms with Gasteiger partial charge < -0.3 is 5.11 Å². The number of aryl methyl sites for hydroxylation is 1. The minimum Gasteiger partial charge on any atom is -0.508 e. The molecule has 0 aliphatic heterocycles. The Labute approximate surface area is 124 Å². The van der Waals surface area contributed by atoms with Crippen LogP contribution in [0.3, 0.4) is 0 Å². The fourth-order valence-electron chi connectivity index (χ4n) is 5.56. The summed E-state index contributed by atoms with van der Waals surface area (Å²) in [5.74, 6) is 0.855. The normalized spacial score (nSPS) is 41.2. The fraction of sp³-hybridized carbons (Fsp3) is 0.667. The minimum atomic E-state index is -0.827. The van der Waals surface area contributed by atoms with E-state index in [0.717, 1.165) is 32.1 Å². The average Bonchev–Trinajstić information content (AvgIpc) is 2.85. The van der Waals surface area contributed by atoms with Crippen LogP contribution in [0.15, 0.2) is 18.2 Å². The SMILES string of the molecule is Oc1ccc2c(c1)CC[C@@H]1[C@@H]2CC[C@]2(CF)CCC(F)[C@@H]12. The van der Waals surface area contributed by atoms with Crippen LogP contribution in [0.2, 0.25) is 0 Å². The number of hydrogen-bond acceptors (Lipinski definition) is 1. The van der Waals surface area contributed by atoms with Crippen molar-refractivity contribution >= 4 is 0 Å². The van der Waals surface area contributed by atoms with Gasteiger partial charge in [0.05, 0.1) is 6.67 Å². The van der Waals surface area contributed by atoms with E-state index < -0.39 is 6.17 Å². The van der Waals surface area contributed by atoms with Crippen molar-refractivity contribution in [3.8, 4) is 5.75 Å². The molecule has 114 valence electrons. The molecule has 1 N–H and O–H groups in total. The molecule has 1 aromatic carbocycles. The summed E-state index contributed by atoms with van der Waals surface area (Å²) in [5, 5.41) is 9.65. The number of phenols is 1. The largest absolute Gasteiger partial charge is 0.508 e. The minimum absolute atomic E-state index is 0.0943. The third kappa shape index (κ3) is 1.85. The second-order valence-corrected chi connectivity index (χ2v) is 7.31. The molecule has 21 heavy (non-hydrogen) atoms. The van der Waals surface area contributed by atoms with Crippen molar-refractivity contribution in [3.63, 3.8) is 0 Å². The van der Waals surface area contributed by atoms with Gasteiger partial charge in [-0.25, -0.2) is 4.39 Å². The Bertz CT molecular complexity index is 558. The molecule has 5 atom stereocenters. The number of fused-ring (bicyclic) bond motifs is 5. The Balaban J connectivity index is 1.73. The Morgan fingerprint density at radius 1 is 1.19 bits per heavy atom. The molecule has 0 heterocycles. The van der Waals surface area contributed by atoms with E-state index >= 15 is 0 Å². The Hall–Kier alpha value is -1.12. The maximum atomic E-state index is 14.5. The van der Waals surface area contributed by atoms with Gasteiger partial charge in [0, 0.05) is 11.3 Å². The zero-order chi connectivity index (χ0) is 14.6. The summed E-state index contributed by atoms with van der Waals surface area (Å²) in [6.07, 6.45) is 4.05. The molecular formula is C18H22F2O. The maximum absolute atomic E-state index is 14.5. The van der Waals surface area contributed by atoms with Crippen LogP contribution in [0, 0.1) is 17.3 Å². The van der Waals surface area contributed by atoms with Crippen molar-refractivity contribution in [3.05, 3.63) is 29.3 Å². The Kier molecular flexibility index (Phi) is 3.02. The van der Waals surface area contributed by atoms with E-state index in [-0.39, 0.29) is 23.9 Å². The van der Waals surface area contributed by atoms with Crippen molar-refractivity contribution in [2.24, 2.45) is 17.3 Å². The van der Waals surface area contributed by atoms with Gasteiger partial charge in [0.15, 0.2) is 0 Å². The van der Waals surface area contributed by atoms with Crippen LogP contribution in [0.25, 0.3) is 0 Å². The summed E-state index contributed by atoms with van der Waals surface area (Å²) in [4.78, 5) is 0. The van der Waals surface area contributed by atoms with E-state index in [2.05, 4.69) is 0 Å². The van der Waals surface area contributed by atoms with Crippen LogP contribution in [0.1, 0.15) is 49.1 Å². The van der Waals surface area contributed by atoms with Crippen LogP contribution in [0.4, 0.5) is 8.78 Å². The maximum Gasteiger partial charge on any atom is 0.115 e. The third-order valence-electron chi connectivity index (χ3n) is 6.49. The molecule has 3 aliphatic carbocycles. The van der Waals surface area contributed by atoms with E-state index in [9.17, 15) is 13.9 Å². The molecule has 0 aromatic heterocycles. The predicted octanol–water partition coefficient (Wildman–Crippen LogP) is 4.54. The summed E-state index contributed by atoms with van der Waals surface area (Å²) in [5.41, 5.74) is 2.10. The van der Waals surface area contributed by atoms with Crippen molar-refractivity contribution in [2.45, 2.75) is 50.6 Å². The first-order valence-electron chi connectivity index (χ1n) is 8.16. The second kappa shape index (κ2) is 4.69. The number of aromatic hydroxyl groups is 1. The van der Waals surface area contributed by atoms with Gasteiger partial charge in [-0.15, -0.1) is 0 Å². The van der Waals surface area contributed by atoms with Crippen LogP contribution >= 0.6 is 0 Å². The second-order valence-electron chi connectivity index (χ2n) is 7.31. The highest BCUT2D eigenvalue weighted by molar-refractivity contribution is 5.40. The van der Waals surface area contributed by atoms with Gasteiger partial charge in [-0.2, -0.15) is 0 Å². The van der Waals surface area contributed by atoms with E-state index in [1.54, 1.807) is 6.07 Å². The molecular weight excluding hydrogens is 270 g/mol. The zero-order valence-electron chi connectivity index (χ0n) is 12.2. The molecule has 0 spiro atoms. The quantitative estimate of drug-likeness (QED) is 0.806. The molecule has 2 fully saturated rings. The summed E-state index contributed by atoms with van der Waals surface area (Å²) in [6.45, 7) is -0.357. The average molecular weight is 292 g/mol. The van der Waals surface area contributed by atoms with E-state index in [1.807, 2.05) is 12.1 Å². The molecule has 1 unspecified atom stereocenters. The highest BCUT2D eigenvalue weighted by Crippen LogP contribution is 2.61. The van der Waals surface area contributed by atoms with Gasteiger partial charge in [-0.3, -0.25) is 4.39 Å². The lowest BCUT2D eigenvalue weighted by atomic mass is 9.55. The molecule has 0 saturated heterocycles. The molecule has 0 amide bonds. The molecule has 4 rings (SSSR count). The van der Waals surface area contributed by atoms with E-state index in [1.165, 1.54) is 11.1 Å². The van der Waals surface area contributed by atoms with Gasteiger partial charge in [-0.05, 0) is 73.6 Å². The summed E-state index contributed by atoms with van der Waals surface area (Å²) in [6, 6.07) is 5.59. The van der Waals surface area contributed by atoms with Crippen molar-refractivity contribution in [1.82, 2.24) is 0 Å². The first-order chi connectivity index (χ1) is 10.1. The summed E-state index contributed by atoms with van der Waals surface area (Å²) in [7, 11) is 0. The van der Waals surface area contributed by atoms with Gasteiger partial charge in [0.25, 0.3) is 0 Å². The molecule has 3 heteroatoms. The van der Waals surface area contributed by atoms with Gasteiger partial charge in [0.1, 0.15) is 11.9 Å². The Morgan fingerprint density at radius 2 is 2.00 bits per heavy atom. The first kappa shape index (κ1) is 13.5. The smallest absolute Gasteiger partial charge is 0.115 e. The van der Waals surface area contributed by atoms with Crippen molar-refractivity contribution in [1.29, 1.82) is 0 Å². The lowest BCUT2D eigenvalue weighted by Gasteiger charge is -2.49. The van der Waals surface area contributed by atoms with Crippen LogP contribution in [-0.2, 0) is 6.42 Å². The summed E-state index contributed by atoms with van der Waals surface area (Å²) < 4.78 is 28.2. The number of halogens is 2. The lowest BCUT2D eigenvalue weighted by Crippen LogP contribution is -2.45. The molecule has 2 saturated carbocycles. The van der Waals surface area contributed by atoms with Crippen molar-refractivity contribution < 1.29 is 13.9 Å². The first-order valence-corrected chi connectivity index (χ1v) is 8.16. The van der Waals surface area contributed by atoms with Crippen molar-refractivity contribution in [2.75, 3.05) is 6.67 Å². The number of rotatable bonds is 1. The van der Waals surface area contributed by atoms with Gasteiger partial charge in [-0.1, -0.05) is 6.07 Å². The standard InChI is InChI=1S/C18H22F2O/c19-10-18-7-5-14-13-4-2-12(21)9-11(13)1-3-15(14)17(18)16(20)6-8-18/h2,4,9,14-17,21H,1,3,5-8,10H2/t14-,15-,16?,17-,18-/m1/s1. The van der Waals surface area contributed by atoms with E-state index in [0.29, 0.717) is 18.1 Å². The topological polar surface area (TPSA) is 20.2 Å². The van der Waals surface area contributed by atoms with Crippen LogP contribution < -0.4 is 0 Å². The van der Waals surface area contributed by atoms with Gasteiger partial charge in [0.2, 0.25) is 0 Å². The Morgan fingerprint density at radius 3 is 2.81 bits per heavy atom. The molecule has 3 aliphatic rings. The zero-order valence-corrected chi connectivity index (χ0v) is 12.2. The van der Waals surface area contributed by atoms with E-state index in [4.69, 9.17) is 0 Å². The molecule has 0 bridgehead atoms. The van der Waals surface area contributed by atoms with Crippen LogP contribution in [0.5, 0.6) is 5.75 Å². The number of hydrogen-bond donors (Lipinski definition) is 1. The number of alkyl halides is 2. The highest BCUT2D eigenvalue weighted by atomic mass is 19.1. The van der Waals surface area contributed by atoms with Gasteiger partial charge >= 0.3 is 0 Å². The fourth-order valence-corrected chi connectivity index (χ4v) is 5.56.